The van der Waals surface area contributed by atoms with Gasteiger partial charge in [0.25, 0.3) is 5.91 Å². The van der Waals surface area contributed by atoms with Gasteiger partial charge in [-0.05, 0) is 31.9 Å². The highest BCUT2D eigenvalue weighted by Gasteiger charge is 2.26. The van der Waals surface area contributed by atoms with Crippen molar-refractivity contribution >= 4 is 11.9 Å². The molecule has 0 unspecified atom stereocenters. The number of carbonyl (C=O) groups excluding carboxylic acids is 2. The normalized spacial score (nSPS) is 18.3. The summed E-state index contributed by atoms with van der Waals surface area (Å²) in [5.74, 6) is 0.671. The van der Waals surface area contributed by atoms with E-state index in [-0.39, 0.29) is 18.5 Å². The maximum absolute atomic E-state index is 12.3. The maximum Gasteiger partial charge on any atom is 0.317 e. The molecule has 0 radical (unpaired) electrons. The van der Waals surface area contributed by atoms with Crippen LogP contribution in [-0.4, -0.2) is 60.6 Å². The van der Waals surface area contributed by atoms with Crippen molar-refractivity contribution in [1.82, 2.24) is 15.1 Å². The van der Waals surface area contributed by atoms with Crippen LogP contribution in [0.25, 0.3) is 0 Å². The Kier molecular flexibility index (Phi) is 5.79. The minimum absolute atomic E-state index is 0.00917. The predicted octanol–water partition coefficient (Wildman–Crippen LogP) is 2.17. The summed E-state index contributed by atoms with van der Waals surface area (Å²) in [5, 5.41) is 3.10. The number of ether oxygens (including phenoxy) is 1. The number of urea groups is 1. The molecule has 1 aliphatic carbocycles. The predicted molar refractivity (Wildman–Crippen MR) is 95.6 cm³/mol. The molecule has 25 heavy (non-hydrogen) atoms. The van der Waals surface area contributed by atoms with E-state index in [1.54, 1.807) is 4.90 Å². The number of aryl methyl sites for hydroxylation is 1. The summed E-state index contributed by atoms with van der Waals surface area (Å²) in [6.45, 7) is 4.33. The Labute approximate surface area is 149 Å². The van der Waals surface area contributed by atoms with E-state index < -0.39 is 0 Å². The van der Waals surface area contributed by atoms with Crippen LogP contribution < -0.4 is 10.1 Å². The lowest BCUT2D eigenvalue weighted by Crippen LogP contribution is -2.55. The quantitative estimate of drug-likeness (QED) is 0.910. The van der Waals surface area contributed by atoms with Crippen LogP contribution in [0.2, 0.25) is 0 Å². The van der Waals surface area contributed by atoms with Gasteiger partial charge in [0.1, 0.15) is 5.75 Å². The molecule has 1 aromatic rings. The molecule has 3 rings (SSSR count). The lowest BCUT2D eigenvalue weighted by molar-refractivity contribution is -0.134. The highest BCUT2D eigenvalue weighted by molar-refractivity contribution is 5.79. The molecule has 1 saturated heterocycles. The van der Waals surface area contributed by atoms with Crippen molar-refractivity contribution < 1.29 is 14.3 Å². The number of benzene rings is 1. The van der Waals surface area contributed by atoms with Gasteiger partial charge in [0.2, 0.25) is 0 Å². The zero-order valence-corrected chi connectivity index (χ0v) is 14.9. The Morgan fingerprint density at radius 1 is 1.04 bits per heavy atom. The first-order valence-electron chi connectivity index (χ1n) is 9.14. The Morgan fingerprint density at radius 2 is 1.64 bits per heavy atom. The van der Waals surface area contributed by atoms with Crippen molar-refractivity contribution in [2.45, 2.75) is 38.6 Å². The molecule has 3 amide bonds. The van der Waals surface area contributed by atoms with Gasteiger partial charge in [-0.2, -0.15) is 0 Å². The number of rotatable bonds is 4. The van der Waals surface area contributed by atoms with E-state index in [4.69, 9.17) is 4.74 Å². The number of nitrogens with one attached hydrogen (secondary N) is 1. The third kappa shape index (κ3) is 4.87. The van der Waals surface area contributed by atoms with E-state index in [9.17, 15) is 9.59 Å². The molecule has 1 heterocycles. The van der Waals surface area contributed by atoms with Gasteiger partial charge in [0.15, 0.2) is 6.61 Å². The second kappa shape index (κ2) is 8.23. The van der Waals surface area contributed by atoms with Crippen LogP contribution in [0.4, 0.5) is 4.79 Å². The van der Waals surface area contributed by atoms with Crippen LogP contribution >= 0.6 is 0 Å². The van der Waals surface area contributed by atoms with Crippen molar-refractivity contribution in [3.05, 3.63) is 29.8 Å². The molecule has 136 valence electrons. The van der Waals surface area contributed by atoms with Gasteiger partial charge >= 0.3 is 6.03 Å². The van der Waals surface area contributed by atoms with Crippen molar-refractivity contribution in [1.29, 1.82) is 0 Å². The van der Waals surface area contributed by atoms with Crippen LogP contribution in [0.3, 0.4) is 0 Å². The first-order valence-corrected chi connectivity index (χ1v) is 9.14. The molecular formula is C19H27N3O3. The van der Waals surface area contributed by atoms with Gasteiger partial charge in [-0.3, -0.25) is 4.79 Å². The molecule has 1 aromatic carbocycles. The molecule has 6 nitrogen and oxygen atoms in total. The molecule has 1 saturated carbocycles. The van der Waals surface area contributed by atoms with Crippen LogP contribution in [0.1, 0.15) is 31.2 Å². The zero-order chi connectivity index (χ0) is 17.6. The molecule has 2 aliphatic rings. The number of amides is 3. The van der Waals surface area contributed by atoms with Gasteiger partial charge in [-0.25, -0.2) is 4.79 Å². The molecule has 0 spiro atoms. The molecule has 0 atom stereocenters. The zero-order valence-electron chi connectivity index (χ0n) is 14.9. The van der Waals surface area contributed by atoms with Crippen molar-refractivity contribution in [2.24, 2.45) is 0 Å². The van der Waals surface area contributed by atoms with E-state index in [2.05, 4.69) is 5.32 Å². The van der Waals surface area contributed by atoms with Gasteiger partial charge < -0.3 is 19.9 Å². The third-order valence-electron chi connectivity index (χ3n) is 4.99. The largest absolute Gasteiger partial charge is 0.484 e. The molecule has 0 bridgehead atoms. The van der Waals surface area contributed by atoms with Crippen LogP contribution in [0, 0.1) is 6.92 Å². The Bertz CT molecular complexity index is 588. The fourth-order valence-corrected chi connectivity index (χ4v) is 3.37. The van der Waals surface area contributed by atoms with Gasteiger partial charge in [0, 0.05) is 32.2 Å². The summed E-state index contributed by atoms with van der Waals surface area (Å²) < 4.78 is 5.55. The summed E-state index contributed by atoms with van der Waals surface area (Å²) in [6.07, 6.45) is 4.57. The van der Waals surface area contributed by atoms with Crippen molar-refractivity contribution in [3.8, 4) is 5.75 Å². The lowest BCUT2D eigenvalue weighted by Gasteiger charge is -2.35. The number of hydrogen-bond acceptors (Lipinski definition) is 3. The van der Waals surface area contributed by atoms with E-state index in [1.165, 1.54) is 12.8 Å². The highest BCUT2D eigenvalue weighted by atomic mass is 16.5. The van der Waals surface area contributed by atoms with Gasteiger partial charge in [-0.1, -0.05) is 30.5 Å². The smallest absolute Gasteiger partial charge is 0.317 e. The average molecular weight is 345 g/mol. The van der Waals surface area contributed by atoms with E-state index in [0.717, 1.165) is 18.4 Å². The second-order valence-corrected chi connectivity index (χ2v) is 6.90. The van der Waals surface area contributed by atoms with Crippen molar-refractivity contribution in [3.63, 3.8) is 0 Å². The molecular weight excluding hydrogens is 318 g/mol. The van der Waals surface area contributed by atoms with E-state index >= 15 is 0 Å². The summed E-state index contributed by atoms with van der Waals surface area (Å²) in [5.41, 5.74) is 1.16. The number of nitrogens with zero attached hydrogens (tertiary/aromatic N) is 2. The molecule has 0 aromatic heterocycles. The number of hydrogen-bond donors (Lipinski definition) is 1. The monoisotopic (exact) mass is 345 g/mol. The van der Waals surface area contributed by atoms with E-state index in [1.807, 2.05) is 36.1 Å². The third-order valence-corrected chi connectivity index (χ3v) is 4.99. The minimum Gasteiger partial charge on any atom is -0.484 e. The topological polar surface area (TPSA) is 61.9 Å². The fraction of sp³-hybridized carbons (Fsp3) is 0.579. The van der Waals surface area contributed by atoms with Crippen molar-refractivity contribution in [2.75, 3.05) is 32.8 Å². The van der Waals surface area contributed by atoms with Crippen LogP contribution in [-0.2, 0) is 4.79 Å². The summed E-state index contributed by atoms with van der Waals surface area (Å²) in [6, 6.07) is 8.00. The Hall–Kier alpha value is -2.24. The molecule has 6 heteroatoms. The Morgan fingerprint density at radius 3 is 2.28 bits per heavy atom. The molecule has 1 aliphatic heterocycles. The second-order valence-electron chi connectivity index (χ2n) is 6.90. The standard InChI is InChI=1S/C19H27N3O3/c1-15-6-8-17(9-7-15)25-14-18(23)21-10-12-22(13-11-21)19(24)20-16-4-2-3-5-16/h6-9,16H,2-5,10-14H2,1H3,(H,20,24). The summed E-state index contributed by atoms with van der Waals surface area (Å²) in [7, 11) is 0. The van der Waals surface area contributed by atoms with E-state index in [0.29, 0.717) is 38.0 Å². The molecule has 2 fully saturated rings. The lowest BCUT2D eigenvalue weighted by atomic mass is 10.2. The number of piperazine rings is 1. The van der Waals surface area contributed by atoms with Gasteiger partial charge in [-0.15, -0.1) is 0 Å². The SMILES string of the molecule is Cc1ccc(OCC(=O)N2CCN(C(=O)NC3CCCC3)CC2)cc1. The number of carbonyl (C=O) groups is 2. The van der Waals surface area contributed by atoms with Gasteiger partial charge in [0.05, 0.1) is 0 Å². The Balaban J connectivity index is 1.39. The molecule has 1 N–H and O–H groups in total. The van der Waals surface area contributed by atoms with Crippen LogP contribution in [0.15, 0.2) is 24.3 Å². The first-order chi connectivity index (χ1) is 12.1. The summed E-state index contributed by atoms with van der Waals surface area (Å²) in [4.78, 5) is 28.1. The average Bonchev–Trinajstić information content (AvgIpc) is 3.14. The maximum atomic E-state index is 12.3. The minimum atomic E-state index is -0.0311. The highest BCUT2D eigenvalue weighted by Crippen LogP contribution is 2.18. The first kappa shape index (κ1) is 17.6. The summed E-state index contributed by atoms with van der Waals surface area (Å²) >= 11 is 0. The fourth-order valence-electron chi connectivity index (χ4n) is 3.37. The van der Waals surface area contributed by atoms with Crippen LogP contribution in [0.5, 0.6) is 5.75 Å².